The third-order valence-electron chi connectivity index (χ3n) is 4.10. The van der Waals surface area contributed by atoms with E-state index in [1.54, 1.807) is 11.3 Å². The number of hydrogen-bond donors (Lipinski definition) is 1. The minimum Gasteiger partial charge on any atom is -0.337 e. The van der Waals surface area contributed by atoms with Crippen molar-refractivity contribution < 1.29 is 4.79 Å². The summed E-state index contributed by atoms with van der Waals surface area (Å²) in [4.78, 5) is 14.9. The van der Waals surface area contributed by atoms with Crippen LogP contribution in [-0.2, 0) is 0 Å². The first kappa shape index (κ1) is 14.5. The van der Waals surface area contributed by atoms with Gasteiger partial charge in [-0.1, -0.05) is 25.1 Å². The van der Waals surface area contributed by atoms with Crippen LogP contribution in [0.15, 0.2) is 29.6 Å². The Bertz CT molecular complexity index is 616. The third kappa shape index (κ3) is 3.11. The van der Waals surface area contributed by atoms with Crippen molar-refractivity contribution >= 4 is 27.3 Å². The summed E-state index contributed by atoms with van der Waals surface area (Å²) in [5.74, 6) is 0.183. The van der Waals surface area contributed by atoms with Crippen LogP contribution < -0.4 is 5.32 Å². The Balaban J connectivity index is 1.82. The van der Waals surface area contributed by atoms with Gasteiger partial charge in [0.05, 0.1) is 5.56 Å². The van der Waals surface area contributed by atoms with Crippen molar-refractivity contribution in [2.75, 3.05) is 19.6 Å². The first-order valence-corrected chi connectivity index (χ1v) is 8.66. The Morgan fingerprint density at radius 2 is 2.29 bits per heavy atom. The van der Waals surface area contributed by atoms with Crippen LogP contribution >= 0.6 is 11.3 Å². The zero-order chi connectivity index (χ0) is 14.7. The summed E-state index contributed by atoms with van der Waals surface area (Å²) in [6, 6.07) is 8.63. The van der Waals surface area contributed by atoms with Crippen LogP contribution in [0.3, 0.4) is 0 Å². The van der Waals surface area contributed by atoms with Crippen molar-refractivity contribution in [1.82, 2.24) is 10.2 Å². The number of rotatable bonds is 5. The van der Waals surface area contributed by atoms with Gasteiger partial charge in [0.25, 0.3) is 5.91 Å². The van der Waals surface area contributed by atoms with Gasteiger partial charge >= 0.3 is 0 Å². The number of benzene rings is 1. The number of thiophene rings is 1. The van der Waals surface area contributed by atoms with Crippen molar-refractivity contribution in [3.05, 3.63) is 35.2 Å². The van der Waals surface area contributed by atoms with Gasteiger partial charge in [0.15, 0.2) is 0 Å². The fourth-order valence-electron chi connectivity index (χ4n) is 3.04. The predicted molar refractivity (Wildman–Crippen MR) is 89.0 cm³/mol. The lowest BCUT2D eigenvalue weighted by molar-refractivity contribution is 0.0744. The molecule has 1 aliphatic rings. The third-order valence-corrected chi connectivity index (χ3v) is 5.06. The normalized spacial score (nSPS) is 18.2. The summed E-state index contributed by atoms with van der Waals surface area (Å²) in [6.07, 6.45) is 3.40. The van der Waals surface area contributed by atoms with Gasteiger partial charge in [-0.3, -0.25) is 4.79 Å². The fourth-order valence-corrected chi connectivity index (χ4v) is 3.97. The summed E-state index contributed by atoms with van der Waals surface area (Å²) in [6.45, 7) is 4.88. The Labute approximate surface area is 130 Å². The van der Waals surface area contributed by atoms with E-state index in [0.29, 0.717) is 6.04 Å². The largest absolute Gasteiger partial charge is 0.337 e. The van der Waals surface area contributed by atoms with Crippen molar-refractivity contribution in [3.8, 4) is 0 Å². The molecule has 21 heavy (non-hydrogen) atoms. The van der Waals surface area contributed by atoms with Crippen LogP contribution in [0.25, 0.3) is 10.1 Å². The van der Waals surface area contributed by atoms with Gasteiger partial charge in [0.1, 0.15) is 0 Å². The molecule has 112 valence electrons. The lowest BCUT2D eigenvalue weighted by Gasteiger charge is -2.25. The molecule has 2 heterocycles. The molecule has 4 heteroatoms. The van der Waals surface area contributed by atoms with Crippen LogP contribution in [0.1, 0.15) is 36.5 Å². The number of carbonyl (C=O) groups excluding carboxylic acids is 1. The molecule has 0 spiro atoms. The van der Waals surface area contributed by atoms with Crippen LogP contribution in [-0.4, -0.2) is 36.5 Å². The molecule has 0 radical (unpaired) electrons. The van der Waals surface area contributed by atoms with E-state index in [2.05, 4.69) is 24.4 Å². The van der Waals surface area contributed by atoms with Gasteiger partial charge in [0.2, 0.25) is 0 Å². The van der Waals surface area contributed by atoms with E-state index in [1.807, 2.05) is 22.4 Å². The van der Waals surface area contributed by atoms with Gasteiger partial charge < -0.3 is 10.2 Å². The van der Waals surface area contributed by atoms with Gasteiger partial charge in [-0.25, -0.2) is 0 Å². The minimum absolute atomic E-state index is 0.183. The summed E-state index contributed by atoms with van der Waals surface area (Å²) in [7, 11) is 0. The van der Waals surface area contributed by atoms with Crippen molar-refractivity contribution in [2.45, 2.75) is 32.2 Å². The van der Waals surface area contributed by atoms with E-state index in [1.165, 1.54) is 17.5 Å². The topological polar surface area (TPSA) is 32.3 Å². The summed E-state index contributed by atoms with van der Waals surface area (Å²) >= 11 is 1.66. The molecule has 0 bridgehead atoms. The van der Waals surface area contributed by atoms with Crippen LogP contribution in [0.2, 0.25) is 0 Å². The molecule has 3 rings (SSSR count). The van der Waals surface area contributed by atoms with Crippen molar-refractivity contribution in [2.24, 2.45) is 0 Å². The van der Waals surface area contributed by atoms with Crippen molar-refractivity contribution in [3.63, 3.8) is 0 Å². The van der Waals surface area contributed by atoms with Gasteiger partial charge in [-0.05, 0) is 31.9 Å². The predicted octanol–water partition coefficient (Wildman–Crippen LogP) is 3.51. The maximum atomic E-state index is 12.9. The molecule has 1 aromatic heterocycles. The molecule has 1 saturated heterocycles. The number of amides is 1. The molecule has 1 aliphatic heterocycles. The number of nitrogens with zero attached hydrogens (tertiary/aromatic N) is 1. The molecule has 1 aromatic carbocycles. The van der Waals surface area contributed by atoms with Crippen LogP contribution in [0, 0.1) is 0 Å². The smallest absolute Gasteiger partial charge is 0.255 e. The first-order chi connectivity index (χ1) is 10.3. The van der Waals surface area contributed by atoms with E-state index in [9.17, 15) is 4.79 Å². The molecule has 0 saturated carbocycles. The number of hydrogen-bond acceptors (Lipinski definition) is 3. The monoisotopic (exact) mass is 302 g/mol. The zero-order valence-electron chi connectivity index (χ0n) is 12.5. The van der Waals surface area contributed by atoms with E-state index >= 15 is 0 Å². The molecule has 0 aliphatic carbocycles. The molecule has 1 amide bonds. The zero-order valence-corrected chi connectivity index (χ0v) is 13.3. The second-order valence-corrected chi connectivity index (χ2v) is 6.60. The Hall–Kier alpha value is -1.39. The second-order valence-electron chi connectivity index (χ2n) is 5.69. The fraction of sp³-hybridized carbons (Fsp3) is 0.471. The summed E-state index contributed by atoms with van der Waals surface area (Å²) in [5, 5.41) is 6.59. The molecule has 2 aromatic rings. The average Bonchev–Trinajstić information content (AvgIpc) is 3.15. The van der Waals surface area contributed by atoms with E-state index in [-0.39, 0.29) is 5.91 Å². The highest BCUT2D eigenvalue weighted by Gasteiger charge is 2.23. The van der Waals surface area contributed by atoms with Crippen LogP contribution in [0.5, 0.6) is 0 Å². The summed E-state index contributed by atoms with van der Waals surface area (Å²) in [5.41, 5.74) is 0.863. The maximum Gasteiger partial charge on any atom is 0.255 e. The number of nitrogens with one attached hydrogen (secondary N) is 1. The van der Waals surface area contributed by atoms with E-state index < -0.39 is 0 Å². The molecular weight excluding hydrogens is 280 g/mol. The molecule has 1 N–H and O–H groups in total. The van der Waals surface area contributed by atoms with E-state index in [0.717, 1.165) is 37.0 Å². The number of fused-ring (bicyclic) bond motifs is 1. The first-order valence-electron chi connectivity index (χ1n) is 7.78. The molecule has 1 unspecified atom stereocenters. The number of carbonyl (C=O) groups is 1. The minimum atomic E-state index is 0.183. The summed E-state index contributed by atoms with van der Waals surface area (Å²) < 4.78 is 1.19. The SMILES string of the molecule is CCCN(CC1CCCN1)C(=O)c1csc2ccccc12. The van der Waals surface area contributed by atoms with Gasteiger partial charge in [-0.15, -0.1) is 11.3 Å². The lowest BCUT2D eigenvalue weighted by Crippen LogP contribution is -2.41. The highest BCUT2D eigenvalue weighted by Crippen LogP contribution is 2.27. The quantitative estimate of drug-likeness (QED) is 0.916. The molecule has 1 atom stereocenters. The average molecular weight is 302 g/mol. The Morgan fingerprint density at radius 3 is 3.05 bits per heavy atom. The van der Waals surface area contributed by atoms with E-state index in [4.69, 9.17) is 0 Å². The van der Waals surface area contributed by atoms with Gasteiger partial charge in [-0.2, -0.15) is 0 Å². The van der Waals surface area contributed by atoms with Crippen molar-refractivity contribution in [1.29, 1.82) is 0 Å². The highest BCUT2D eigenvalue weighted by atomic mass is 32.1. The second kappa shape index (κ2) is 6.58. The standard InChI is InChI=1S/C17H22N2OS/c1-2-10-19(11-13-6-5-9-18-13)17(20)15-12-21-16-8-4-3-7-14(15)16/h3-4,7-8,12-13,18H,2,5-6,9-11H2,1H3. The lowest BCUT2D eigenvalue weighted by atomic mass is 10.1. The highest BCUT2D eigenvalue weighted by molar-refractivity contribution is 7.17. The molecule has 3 nitrogen and oxygen atoms in total. The molecular formula is C17H22N2OS. The maximum absolute atomic E-state index is 12.9. The Kier molecular flexibility index (Phi) is 4.56. The van der Waals surface area contributed by atoms with Gasteiger partial charge in [0, 0.05) is 34.6 Å². The Morgan fingerprint density at radius 1 is 1.43 bits per heavy atom. The molecule has 1 fully saturated rings. The van der Waals surface area contributed by atoms with Crippen LogP contribution in [0.4, 0.5) is 0 Å².